The number of Topliss-reactive ketones (excluding diaryl/α,β-unsaturated/α-hetero) is 1. The van der Waals surface area contributed by atoms with Gasteiger partial charge in [0, 0.05) is 11.3 Å². The molecule has 5 nitrogen and oxygen atoms in total. The van der Waals surface area contributed by atoms with Gasteiger partial charge in [-0.25, -0.2) is 4.39 Å². The second-order valence-electron chi connectivity index (χ2n) is 6.10. The van der Waals surface area contributed by atoms with E-state index in [4.69, 9.17) is 0 Å². The summed E-state index contributed by atoms with van der Waals surface area (Å²) in [5, 5.41) is 5.17. The van der Waals surface area contributed by atoms with Crippen LogP contribution in [0.25, 0.3) is 0 Å². The van der Waals surface area contributed by atoms with Crippen LogP contribution < -0.4 is 10.6 Å². The third kappa shape index (κ3) is 3.42. The zero-order valence-electron chi connectivity index (χ0n) is 13.6. The predicted molar refractivity (Wildman–Crippen MR) is 91.8 cm³/mol. The molecule has 2 amide bonds. The highest BCUT2D eigenvalue weighted by molar-refractivity contribution is 6.17. The largest absolute Gasteiger partial charge is 0.325 e. The number of anilines is 2. The van der Waals surface area contributed by atoms with Crippen LogP contribution in [0.1, 0.15) is 30.1 Å². The van der Waals surface area contributed by atoms with Gasteiger partial charge >= 0.3 is 0 Å². The van der Waals surface area contributed by atoms with Crippen molar-refractivity contribution in [2.24, 2.45) is 5.41 Å². The summed E-state index contributed by atoms with van der Waals surface area (Å²) in [5.74, 6) is -1.57. The molecule has 0 heterocycles. The van der Waals surface area contributed by atoms with Crippen LogP contribution in [-0.4, -0.2) is 17.6 Å². The van der Waals surface area contributed by atoms with Crippen LogP contribution in [0, 0.1) is 11.2 Å². The Morgan fingerprint density at radius 3 is 2.08 bits per heavy atom. The van der Waals surface area contributed by atoms with E-state index in [9.17, 15) is 18.8 Å². The molecule has 1 aliphatic rings. The first-order chi connectivity index (χ1) is 11.9. The number of para-hydroxylation sites is 1. The van der Waals surface area contributed by atoms with E-state index in [2.05, 4.69) is 10.6 Å². The van der Waals surface area contributed by atoms with E-state index >= 15 is 0 Å². The number of amides is 2. The molecule has 0 atom stereocenters. The molecule has 1 aliphatic carbocycles. The van der Waals surface area contributed by atoms with E-state index in [1.807, 2.05) is 0 Å². The number of hydrogen-bond acceptors (Lipinski definition) is 3. The molecular formula is C19H17FN2O3. The number of ketones is 1. The Morgan fingerprint density at radius 2 is 1.52 bits per heavy atom. The van der Waals surface area contributed by atoms with Gasteiger partial charge in [0.15, 0.2) is 5.78 Å². The monoisotopic (exact) mass is 340 g/mol. The van der Waals surface area contributed by atoms with Gasteiger partial charge in [0.05, 0.1) is 5.69 Å². The van der Waals surface area contributed by atoms with Gasteiger partial charge in [-0.3, -0.25) is 14.4 Å². The van der Waals surface area contributed by atoms with E-state index in [-0.39, 0.29) is 11.5 Å². The van der Waals surface area contributed by atoms with Crippen LogP contribution >= 0.6 is 0 Å². The van der Waals surface area contributed by atoms with Crippen LogP contribution in [0.15, 0.2) is 48.5 Å². The molecule has 0 saturated heterocycles. The summed E-state index contributed by atoms with van der Waals surface area (Å²) in [6, 6.07) is 12.3. The van der Waals surface area contributed by atoms with Crippen LogP contribution in [0.4, 0.5) is 15.8 Å². The van der Waals surface area contributed by atoms with E-state index < -0.39 is 23.0 Å². The van der Waals surface area contributed by atoms with Crippen molar-refractivity contribution >= 4 is 29.0 Å². The summed E-state index contributed by atoms with van der Waals surface area (Å²) in [4.78, 5) is 36.2. The molecule has 2 aromatic carbocycles. The van der Waals surface area contributed by atoms with Crippen LogP contribution in [0.5, 0.6) is 0 Å². The zero-order chi connectivity index (χ0) is 18.0. The number of benzene rings is 2. The van der Waals surface area contributed by atoms with E-state index in [0.717, 1.165) is 0 Å². The molecule has 25 heavy (non-hydrogen) atoms. The van der Waals surface area contributed by atoms with Crippen molar-refractivity contribution in [2.75, 3.05) is 10.6 Å². The Balaban J connectivity index is 1.69. The van der Waals surface area contributed by atoms with Gasteiger partial charge in [-0.2, -0.15) is 0 Å². The molecule has 128 valence electrons. The van der Waals surface area contributed by atoms with Gasteiger partial charge in [0.25, 0.3) is 0 Å². The maximum atomic E-state index is 13.7. The lowest BCUT2D eigenvalue weighted by molar-refractivity contribution is -0.131. The molecule has 0 aliphatic heterocycles. The van der Waals surface area contributed by atoms with Crippen LogP contribution in [0.2, 0.25) is 0 Å². The molecule has 0 bridgehead atoms. The van der Waals surface area contributed by atoms with Crippen molar-refractivity contribution in [1.82, 2.24) is 0 Å². The van der Waals surface area contributed by atoms with Gasteiger partial charge in [0.1, 0.15) is 11.2 Å². The minimum atomic E-state index is -1.18. The minimum absolute atomic E-state index is 0.0531. The van der Waals surface area contributed by atoms with Crippen LogP contribution in [0.3, 0.4) is 0 Å². The summed E-state index contributed by atoms with van der Waals surface area (Å²) in [5.41, 5.74) is -0.0876. The topological polar surface area (TPSA) is 75.3 Å². The number of carbonyl (C=O) groups is 3. The van der Waals surface area contributed by atoms with Crippen molar-refractivity contribution < 1.29 is 18.8 Å². The number of hydrogen-bond donors (Lipinski definition) is 2. The molecule has 0 spiro atoms. The Morgan fingerprint density at radius 1 is 0.920 bits per heavy atom. The third-order valence-corrected chi connectivity index (χ3v) is 4.29. The normalized spacial score (nSPS) is 14.5. The third-order valence-electron chi connectivity index (χ3n) is 4.29. The smallest absolute Gasteiger partial charge is 0.240 e. The van der Waals surface area contributed by atoms with Gasteiger partial charge in [-0.05, 0) is 56.2 Å². The van der Waals surface area contributed by atoms with Crippen molar-refractivity contribution in [2.45, 2.75) is 19.8 Å². The van der Waals surface area contributed by atoms with Gasteiger partial charge in [0.2, 0.25) is 11.8 Å². The first-order valence-electron chi connectivity index (χ1n) is 7.91. The lowest BCUT2D eigenvalue weighted by Gasteiger charge is -2.16. The molecule has 6 heteroatoms. The standard InChI is InChI=1S/C19H17FN2O3/c1-12(23)13-6-8-14(9-7-13)21-17(24)19(10-11-19)18(25)22-16-5-3-2-4-15(16)20/h2-9H,10-11H2,1H3,(H,21,24)(H,22,25). The second-order valence-corrected chi connectivity index (χ2v) is 6.10. The number of rotatable bonds is 5. The zero-order valence-corrected chi connectivity index (χ0v) is 13.6. The highest BCUT2D eigenvalue weighted by atomic mass is 19.1. The fourth-order valence-corrected chi connectivity index (χ4v) is 2.53. The van der Waals surface area contributed by atoms with Gasteiger partial charge < -0.3 is 10.6 Å². The Kier molecular flexibility index (Phi) is 4.35. The highest BCUT2D eigenvalue weighted by Crippen LogP contribution is 2.47. The lowest BCUT2D eigenvalue weighted by atomic mass is 10.0. The summed E-state index contributed by atoms with van der Waals surface area (Å²) in [7, 11) is 0. The van der Waals surface area contributed by atoms with Crippen molar-refractivity contribution in [3.8, 4) is 0 Å². The molecule has 1 fully saturated rings. The summed E-state index contributed by atoms with van der Waals surface area (Å²) in [6.07, 6.45) is 0.815. The van der Waals surface area contributed by atoms with Crippen molar-refractivity contribution in [3.63, 3.8) is 0 Å². The van der Waals surface area contributed by atoms with Gasteiger partial charge in [-0.15, -0.1) is 0 Å². The predicted octanol–water partition coefficient (Wildman–Crippen LogP) is 3.39. The Labute approximate surface area is 144 Å². The maximum Gasteiger partial charge on any atom is 0.240 e. The Bertz CT molecular complexity index is 842. The van der Waals surface area contributed by atoms with Crippen molar-refractivity contribution in [1.29, 1.82) is 0 Å². The average molecular weight is 340 g/mol. The molecule has 0 unspecified atom stereocenters. The number of halogens is 1. The second kappa shape index (κ2) is 6.47. The van der Waals surface area contributed by atoms with Crippen molar-refractivity contribution in [3.05, 3.63) is 59.9 Å². The quantitative estimate of drug-likeness (QED) is 0.647. The minimum Gasteiger partial charge on any atom is -0.325 e. The summed E-state index contributed by atoms with van der Waals surface area (Å²) < 4.78 is 13.7. The molecule has 0 radical (unpaired) electrons. The molecule has 2 N–H and O–H groups in total. The lowest BCUT2D eigenvalue weighted by Crippen LogP contribution is -2.35. The first kappa shape index (κ1) is 16.8. The average Bonchev–Trinajstić information content (AvgIpc) is 3.39. The summed E-state index contributed by atoms with van der Waals surface area (Å²) in [6.45, 7) is 1.46. The Hall–Kier alpha value is -3.02. The molecule has 1 saturated carbocycles. The summed E-state index contributed by atoms with van der Waals surface area (Å²) >= 11 is 0. The number of nitrogens with one attached hydrogen (secondary N) is 2. The highest BCUT2D eigenvalue weighted by Gasteiger charge is 2.56. The maximum absolute atomic E-state index is 13.7. The molecule has 3 rings (SSSR count). The number of carbonyl (C=O) groups excluding carboxylic acids is 3. The van der Waals surface area contributed by atoms with E-state index in [0.29, 0.717) is 24.1 Å². The molecule has 0 aromatic heterocycles. The van der Waals surface area contributed by atoms with Crippen LogP contribution in [-0.2, 0) is 9.59 Å². The van der Waals surface area contributed by atoms with E-state index in [1.54, 1.807) is 30.3 Å². The first-order valence-corrected chi connectivity index (χ1v) is 7.91. The fraction of sp³-hybridized carbons (Fsp3) is 0.211. The SMILES string of the molecule is CC(=O)c1ccc(NC(=O)C2(C(=O)Nc3ccccc3F)CC2)cc1. The van der Waals surface area contributed by atoms with Gasteiger partial charge in [-0.1, -0.05) is 12.1 Å². The molecule has 2 aromatic rings. The molecular weight excluding hydrogens is 323 g/mol. The van der Waals surface area contributed by atoms with E-state index in [1.165, 1.54) is 25.1 Å². The fourth-order valence-electron chi connectivity index (χ4n) is 2.53.